The molecular formula is C9H6BrNO2S. The third-order valence-electron chi connectivity index (χ3n) is 1.82. The fourth-order valence-electron chi connectivity index (χ4n) is 1.20. The molecule has 2 aromatic rings. The first kappa shape index (κ1) is 9.61. The maximum absolute atomic E-state index is 11.4. The SMILES string of the molecule is COC(=O)c1nccc2scc(Br)c12. The fourth-order valence-corrected chi connectivity index (χ4v) is 2.82. The summed E-state index contributed by atoms with van der Waals surface area (Å²) in [6.07, 6.45) is 1.61. The average molecular weight is 272 g/mol. The number of esters is 1. The summed E-state index contributed by atoms with van der Waals surface area (Å²) in [5.41, 5.74) is 0.359. The standard InChI is InChI=1S/C9H6BrNO2S/c1-13-9(12)8-7-5(10)4-14-6(7)2-3-11-8/h2-4H,1H3. The van der Waals surface area contributed by atoms with E-state index in [1.807, 2.05) is 11.4 Å². The first-order chi connectivity index (χ1) is 6.74. The Morgan fingerprint density at radius 2 is 2.43 bits per heavy atom. The van der Waals surface area contributed by atoms with Gasteiger partial charge in [-0.05, 0) is 22.0 Å². The first-order valence-corrected chi connectivity index (χ1v) is 5.51. The van der Waals surface area contributed by atoms with Crippen LogP contribution in [0.15, 0.2) is 22.1 Å². The second-order valence-electron chi connectivity index (χ2n) is 2.61. The van der Waals surface area contributed by atoms with Crippen LogP contribution < -0.4 is 0 Å². The van der Waals surface area contributed by atoms with Crippen LogP contribution in [0.5, 0.6) is 0 Å². The van der Waals surface area contributed by atoms with Gasteiger partial charge < -0.3 is 4.74 Å². The highest BCUT2D eigenvalue weighted by Gasteiger charge is 2.15. The zero-order chi connectivity index (χ0) is 10.1. The van der Waals surface area contributed by atoms with Crippen molar-refractivity contribution >= 4 is 43.3 Å². The minimum absolute atomic E-state index is 0.359. The van der Waals surface area contributed by atoms with Crippen LogP contribution in [-0.4, -0.2) is 18.1 Å². The van der Waals surface area contributed by atoms with Gasteiger partial charge in [0.2, 0.25) is 0 Å². The number of hydrogen-bond acceptors (Lipinski definition) is 4. The van der Waals surface area contributed by atoms with E-state index in [0.717, 1.165) is 14.6 Å². The van der Waals surface area contributed by atoms with Crippen LogP contribution >= 0.6 is 27.3 Å². The van der Waals surface area contributed by atoms with Gasteiger partial charge in [-0.25, -0.2) is 9.78 Å². The number of halogens is 1. The van der Waals surface area contributed by atoms with E-state index in [1.54, 1.807) is 17.5 Å². The zero-order valence-electron chi connectivity index (χ0n) is 7.28. The molecule has 2 aromatic heterocycles. The van der Waals surface area contributed by atoms with Gasteiger partial charge in [0.05, 0.1) is 7.11 Å². The van der Waals surface area contributed by atoms with E-state index in [-0.39, 0.29) is 0 Å². The summed E-state index contributed by atoms with van der Waals surface area (Å²) in [7, 11) is 1.35. The van der Waals surface area contributed by atoms with Crippen molar-refractivity contribution in [2.24, 2.45) is 0 Å². The number of nitrogens with zero attached hydrogens (tertiary/aromatic N) is 1. The molecule has 5 heteroatoms. The summed E-state index contributed by atoms with van der Waals surface area (Å²) in [4.78, 5) is 15.4. The minimum Gasteiger partial charge on any atom is -0.464 e. The molecule has 0 saturated heterocycles. The Balaban J connectivity index is 2.75. The van der Waals surface area contributed by atoms with Crippen molar-refractivity contribution < 1.29 is 9.53 Å². The van der Waals surface area contributed by atoms with Gasteiger partial charge in [-0.15, -0.1) is 11.3 Å². The highest BCUT2D eigenvalue weighted by Crippen LogP contribution is 2.31. The van der Waals surface area contributed by atoms with Crippen molar-refractivity contribution in [2.75, 3.05) is 7.11 Å². The molecule has 0 aliphatic carbocycles. The third kappa shape index (κ3) is 1.42. The summed E-state index contributed by atoms with van der Waals surface area (Å²) < 4.78 is 6.55. The van der Waals surface area contributed by atoms with E-state index in [4.69, 9.17) is 0 Å². The van der Waals surface area contributed by atoms with Crippen LogP contribution in [0.4, 0.5) is 0 Å². The normalized spacial score (nSPS) is 10.4. The number of carbonyl (C=O) groups is 1. The van der Waals surface area contributed by atoms with Crippen LogP contribution in [0.2, 0.25) is 0 Å². The van der Waals surface area contributed by atoms with Gasteiger partial charge in [0.15, 0.2) is 5.69 Å². The molecule has 0 saturated carbocycles. The molecule has 0 spiro atoms. The molecular weight excluding hydrogens is 266 g/mol. The summed E-state index contributed by atoms with van der Waals surface area (Å²) in [5, 5.41) is 2.75. The summed E-state index contributed by atoms with van der Waals surface area (Å²) in [6, 6.07) is 1.87. The molecule has 14 heavy (non-hydrogen) atoms. The number of hydrogen-bond donors (Lipinski definition) is 0. The maximum atomic E-state index is 11.4. The molecule has 0 bridgehead atoms. The highest BCUT2D eigenvalue weighted by atomic mass is 79.9. The molecule has 0 aliphatic heterocycles. The quantitative estimate of drug-likeness (QED) is 0.749. The highest BCUT2D eigenvalue weighted by molar-refractivity contribution is 9.10. The summed E-state index contributed by atoms with van der Waals surface area (Å²) in [6.45, 7) is 0. The lowest BCUT2D eigenvalue weighted by atomic mass is 10.2. The maximum Gasteiger partial charge on any atom is 0.357 e. The predicted molar refractivity (Wildman–Crippen MR) is 58.7 cm³/mol. The molecule has 0 atom stereocenters. The summed E-state index contributed by atoms with van der Waals surface area (Å²) >= 11 is 4.94. The van der Waals surface area contributed by atoms with Gasteiger partial charge in [-0.2, -0.15) is 0 Å². The molecule has 0 amide bonds. The predicted octanol–water partition coefficient (Wildman–Crippen LogP) is 2.85. The fraction of sp³-hybridized carbons (Fsp3) is 0.111. The van der Waals surface area contributed by atoms with E-state index >= 15 is 0 Å². The van der Waals surface area contributed by atoms with Crippen molar-refractivity contribution in [1.29, 1.82) is 0 Å². The lowest BCUT2D eigenvalue weighted by molar-refractivity contribution is 0.0596. The van der Waals surface area contributed by atoms with Crippen molar-refractivity contribution in [3.8, 4) is 0 Å². The van der Waals surface area contributed by atoms with Crippen molar-refractivity contribution in [3.63, 3.8) is 0 Å². The van der Waals surface area contributed by atoms with Crippen LogP contribution in [0, 0.1) is 0 Å². The van der Waals surface area contributed by atoms with Gasteiger partial charge >= 0.3 is 5.97 Å². The van der Waals surface area contributed by atoms with Crippen LogP contribution in [0.1, 0.15) is 10.5 Å². The topological polar surface area (TPSA) is 39.2 Å². The molecule has 72 valence electrons. The van der Waals surface area contributed by atoms with Crippen LogP contribution in [0.3, 0.4) is 0 Å². The second kappa shape index (κ2) is 3.67. The third-order valence-corrected chi connectivity index (χ3v) is 3.70. The van der Waals surface area contributed by atoms with Gasteiger partial charge in [0.1, 0.15) is 0 Å². The number of thiophene rings is 1. The van der Waals surface area contributed by atoms with Gasteiger partial charge in [-0.3, -0.25) is 0 Å². The van der Waals surface area contributed by atoms with Crippen molar-refractivity contribution in [2.45, 2.75) is 0 Å². The molecule has 3 nitrogen and oxygen atoms in total. The molecule has 0 unspecified atom stereocenters. The molecule has 0 aliphatic rings. The van der Waals surface area contributed by atoms with Crippen molar-refractivity contribution in [1.82, 2.24) is 4.98 Å². The second-order valence-corrected chi connectivity index (χ2v) is 4.37. The smallest absolute Gasteiger partial charge is 0.357 e. The first-order valence-electron chi connectivity index (χ1n) is 3.84. The molecule has 2 rings (SSSR count). The van der Waals surface area contributed by atoms with E-state index < -0.39 is 5.97 Å². The number of carbonyl (C=O) groups excluding carboxylic acids is 1. The number of fused-ring (bicyclic) bond motifs is 1. The Bertz CT molecular complexity index is 495. The average Bonchev–Trinajstić information content (AvgIpc) is 2.59. The van der Waals surface area contributed by atoms with E-state index in [2.05, 4.69) is 25.7 Å². The largest absolute Gasteiger partial charge is 0.464 e. The minimum atomic E-state index is -0.408. The Labute approximate surface area is 92.8 Å². The van der Waals surface area contributed by atoms with E-state index in [0.29, 0.717) is 5.69 Å². The number of aromatic nitrogens is 1. The zero-order valence-corrected chi connectivity index (χ0v) is 9.68. The van der Waals surface area contributed by atoms with Crippen LogP contribution in [0.25, 0.3) is 10.1 Å². The van der Waals surface area contributed by atoms with E-state index in [9.17, 15) is 4.79 Å². The monoisotopic (exact) mass is 271 g/mol. The van der Waals surface area contributed by atoms with Crippen LogP contribution in [-0.2, 0) is 4.74 Å². The van der Waals surface area contributed by atoms with Gasteiger partial charge in [0, 0.05) is 26.1 Å². The Kier molecular flexibility index (Phi) is 2.52. The molecule has 0 N–H and O–H groups in total. The molecule has 0 aromatic carbocycles. The number of rotatable bonds is 1. The lowest BCUT2D eigenvalue weighted by Gasteiger charge is -1.99. The van der Waals surface area contributed by atoms with Gasteiger partial charge in [-0.1, -0.05) is 0 Å². The van der Waals surface area contributed by atoms with E-state index in [1.165, 1.54) is 7.11 Å². The lowest BCUT2D eigenvalue weighted by Crippen LogP contribution is -2.04. The molecule has 2 heterocycles. The number of methoxy groups -OCH3 is 1. The number of ether oxygens (including phenoxy) is 1. The summed E-state index contributed by atoms with van der Waals surface area (Å²) in [5.74, 6) is -0.408. The Morgan fingerprint density at radius 1 is 1.64 bits per heavy atom. The molecule has 0 fully saturated rings. The number of pyridine rings is 1. The van der Waals surface area contributed by atoms with Gasteiger partial charge in [0.25, 0.3) is 0 Å². The Morgan fingerprint density at radius 3 is 3.14 bits per heavy atom. The molecule has 0 radical (unpaired) electrons. The van der Waals surface area contributed by atoms with Crippen molar-refractivity contribution in [3.05, 3.63) is 27.8 Å². The Hall–Kier alpha value is -0.940.